The second-order valence-electron chi connectivity index (χ2n) is 3.40. The van der Waals surface area contributed by atoms with Gasteiger partial charge in [-0.15, -0.1) is 0 Å². The first-order valence-corrected chi connectivity index (χ1v) is 5.68. The molecule has 0 saturated heterocycles. The maximum Gasteiger partial charge on any atom is 0.287 e. The fourth-order valence-corrected chi connectivity index (χ4v) is 1.83. The highest BCUT2D eigenvalue weighted by Gasteiger charge is 2.16. The monoisotopic (exact) mass is 309 g/mol. The SMILES string of the molecule is Nc1cncc(Oc2cccc([N+](=O)[O-])c2Br)c1. The summed E-state index contributed by atoms with van der Waals surface area (Å²) in [5.74, 6) is 0.743. The Bertz CT molecular complexity index is 604. The summed E-state index contributed by atoms with van der Waals surface area (Å²) >= 11 is 3.14. The summed E-state index contributed by atoms with van der Waals surface area (Å²) in [4.78, 5) is 14.1. The number of nitrogen functional groups attached to an aromatic ring is 1. The molecule has 0 aliphatic carbocycles. The Hall–Kier alpha value is -2.15. The summed E-state index contributed by atoms with van der Waals surface area (Å²) < 4.78 is 5.76. The number of rotatable bonds is 3. The van der Waals surface area contributed by atoms with Crippen LogP contribution in [0.3, 0.4) is 0 Å². The average molecular weight is 310 g/mol. The van der Waals surface area contributed by atoms with Crippen molar-refractivity contribution in [2.75, 3.05) is 5.73 Å². The van der Waals surface area contributed by atoms with Crippen LogP contribution in [0.15, 0.2) is 41.1 Å². The topological polar surface area (TPSA) is 91.3 Å². The van der Waals surface area contributed by atoms with Gasteiger partial charge in [-0.25, -0.2) is 0 Å². The Morgan fingerprint density at radius 2 is 2.17 bits per heavy atom. The average Bonchev–Trinajstić information content (AvgIpc) is 2.31. The van der Waals surface area contributed by atoms with E-state index in [1.54, 1.807) is 12.1 Å². The standard InChI is InChI=1S/C11H8BrN3O3/c12-11-9(15(16)17)2-1-3-10(11)18-8-4-7(13)5-14-6-8/h1-6H,13H2. The van der Waals surface area contributed by atoms with Crippen LogP contribution in [0.25, 0.3) is 0 Å². The molecule has 0 atom stereocenters. The normalized spacial score (nSPS) is 10.1. The number of hydrogen-bond donors (Lipinski definition) is 1. The third kappa shape index (κ3) is 2.57. The minimum atomic E-state index is -0.492. The van der Waals surface area contributed by atoms with E-state index >= 15 is 0 Å². The van der Waals surface area contributed by atoms with Crippen molar-refractivity contribution in [2.45, 2.75) is 0 Å². The van der Waals surface area contributed by atoms with Crippen molar-refractivity contribution in [2.24, 2.45) is 0 Å². The fraction of sp³-hybridized carbons (Fsp3) is 0. The Morgan fingerprint density at radius 3 is 2.83 bits per heavy atom. The number of benzene rings is 1. The molecule has 0 amide bonds. The Kier molecular flexibility index (Phi) is 3.42. The number of halogens is 1. The molecule has 2 N–H and O–H groups in total. The first-order chi connectivity index (χ1) is 8.58. The van der Waals surface area contributed by atoms with Crippen LogP contribution >= 0.6 is 15.9 Å². The number of pyridine rings is 1. The predicted molar refractivity (Wildman–Crippen MR) is 69.5 cm³/mol. The molecular formula is C11H8BrN3O3. The van der Waals surface area contributed by atoms with Crippen molar-refractivity contribution in [1.82, 2.24) is 4.98 Å². The van der Waals surface area contributed by atoms with E-state index in [0.29, 0.717) is 17.2 Å². The summed E-state index contributed by atoms with van der Waals surface area (Å²) in [7, 11) is 0. The number of nitro benzene ring substituents is 1. The van der Waals surface area contributed by atoms with Crippen LogP contribution in [0.2, 0.25) is 0 Å². The molecule has 0 fully saturated rings. The van der Waals surface area contributed by atoms with E-state index in [0.717, 1.165) is 0 Å². The van der Waals surface area contributed by atoms with Gasteiger partial charge >= 0.3 is 0 Å². The van der Waals surface area contributed by atoms with Gasteiger partial charge in [-0.05, 0) is 22.0 Å². The molecule has 0 radical (unpaired) electrons. The summed E-state index contributed by atoms with van der Waals surface area (Å²) in [6.45, 7) is 0. The Labute approximate surface area is 111 Å². The third-order valence-electron chi connectivity index (χ3n) is 2.10. The van der Waals surface area contributed by atoms with Gasteiger partial charge in [0.2, 0.25) is 0 Å². The second kappa shape index (κ2) is 5.01. The summed E-state index contributed by atoms with van der Waals surface area (Å²) in [5.41, 5.74) is 5.95. The molecule has 0 aliphatic heterocycles. The number of nitro groups is 1. The zero-order valence-corrected chi connectivity index (χ0v) is 10.6. The zero-order valence-electron chi connectivity index (χ0n) is 9.04. The van der Waals surface area contributed by atoms with Crippen molar-refractivity contribution in [3.63, 3.8) is 0 Å². The number of nitrogens with zero attached hydrogens (tertiary/aromatic N) is 2. The van der Waals surface area contributed by atoms with Gasteiger partial charge < -0.3 is 10.5 Å². The number of hydrogen-bond acceptors (Lipinski definition) is 5. The van der Waals surface area contributed by atoms with Crippen LogP contribution in [-0.2, 0) is 0 Å². The minimum Gasteiger partial charge on any atom is -0.454 e. The molecule has 0 unspecified atom stereocenters. The highest BCUT2D eigenvalue weighted by atomic mass is 79.9. The lowest BCUT2D eigenvalue weighted by molar-refractivity contribution is -0.385. The van der Waals surface area contributed by atoms with Crippen LogP contribution in [-0.4, -0.2) is 9.91 Å². The van der Waals surface area contributed by atoms with Crippen LogP contribution in [0.4, 0.5) is 11.4 Å². The summed E-state index contributed by atoms with van der Waals surface area (Å²) in [6.07, 6.45) is 2.96. The van der Waals surface area contributed by atoms with E-state index in [1.165, 1.54) is 24.5 Å². The maximum atomic E-state index is 10.8. The molecular weight excluding hydrogens is 302 g/mol. The molecule has 2 aromatic rings. The molecule has 18 heavy (non-hydrogen) atoms. The quantitative estimate of drug-likeness (QED) is 0.694. The lowest BCUT2D eigenvalue weighted by Crippen LogP contribution is -1.93. The van der Waals surface area contributed by atoms with Gasteiger partial charge in [0.05, 0.1) is 23.0 Å². The Morgan fingerprint density at radius 1 is 1.39 bits per heavy atom. The van der Waals surface area contributed by atoms with Crippen LogP contribution in [0.1, 0.15) is 0 Å². The first-order valence-electron chi connectivity index (χ1n) is 4.89. The van der Waals surface area contributed by atoms with E-state index in [4.69, 9.17) is 10.5 Å². The van der Waals surface area contributed by atoms with Crippen molar-refractivity contribution < 1.29 is 9.66 Å². The van der Waals surface area contributed by atoms with Crippen LogP contribution in [0, 0.1) is 10.1 Å². The molecule has 0 saturated carbocycles. The van der Waals surface area contributed by atoms with Crippen molar-refractivity contribution >= 4 is 27.3 Å². The smallest absolute Gasteiger partial charge is 0.287 e. The van der Waals surface area contributed by atoms with E-state index < -0.39 is 4.92 Å². The highest BCUT2D eigenvalue weighted by molar-refractivity contribution is 9.10. The molecule has 1 heterocycles. The van der Waals surface area contributed by atoms with Gasteiger partial charge in [-0.2, -0.15) is 0 Å². The fourth-order valence-electron chi connectivity index (χ4n) is 1.34. The lowest BCUT2D eigenvalue weighted by Gasteiger charge is -2.07. The largest absolute Gasteiger partial charge is 0.454 e. The summed E-state index contributed by atoms with van der Waals surface area (Å²) in [6, 6.07) is 6.12. The minimum absolute atomic E-state index is 0.0654. The van der Waals surface area contributed by atoms with Gasteiger partial charge in [-0.3, -0.25) is 15.1 Å². The van der Waals surface area contributed by atoms with Gasteiger partial charge in [0.1, 0.15) is 16.0 Å². The Balaban J connectivity index is 2.35. The molecule has 0 aliphatic rings. The molecule has 2 rings (SSSR count). The van der Waals surface area contributed by atoms with Crippen LogP contribution < -0.4 is 10.5 Å². The van der Waals surface area contributed by atoms with Crippen molar-refractivity contribution in [3.8, 4) is 11.5 Å². The molecule has 6 nitrogen and oxygen atoms in total. The molecule has 92 valence electrons. The lowest BCUT2D eigenvalue weighted by atomic mass is 10.3. The summed E-state index contributed by atoms with van der Waals surface area (Å²) in [5, 5.41) is 10.8. The molecule has 0 spiro atoms. The van der Waals surface area contributed by atoms with E-state index in [-0.39, 0.29) is 10.2 Å². The van der Waals surface area contributed by atoms with E-state index in [2.05, 4.69) is 20.9 Å². The van der Waals surface area contributed by atoms with Gasteiger partial charge in [0, 0.05) is 12.1 Å². The molecule has 0 bridgehead atoms. The second-order valence-corrected chi connectivity index (χ2v) is 4.20. The molecule has 1 aromatic heterocycles. The van der Waals surface area contributed by atoms with Gasteiger partial charge in [0.25, 0.3) is 5.69 Å². The zero-order chi connectivity index (χ0) is 13.1. The number of aromatic nitrogens is 1. The maximum absolute atomic E-state index is 10.8. The first kappa shape index (κ1) is 12.3. The molecule has 7 heteroatoms. The number of ether oxygens (including phenoxy) is 1. The molecule has 1 aromatic carbocycles. The van der Waals surface area contributed by atoms with E-state index in [1.807, 2.05) is 0 Å². The highest BCUT2D eigenvalue weighted by Crippen LogP contribution is 2.36. The van der Waals surface area contributed by atoms with Crippen molar-refractivity contribution in [1.29, 1.82) is 0 Å². The third-order valence-corrected chi connectivity index (χ3v) is 2.90. The van der Waals surface area contributed by atoms with Gasteiger partial charge in [-0.1, -0.05) is 6.07 Å². The van der Waals surface area contributed by atoms with Crippen molar-refractivity contribution in [3.05, 3.63) is 51.2 Å². The van der Waals surface area contributed by atoms with Gasteiger partial charge in [0.15, 0.2) is 0 Å². The number of anilines is 1. The van der Waals surface area contributed by atoms with Crippen LogP contribution in [0.5, 0.6) is 11.5 Å². The number of nitrogens with two attached hydrogens (primary N) is 1. The predicted octanol–water partition coefficient (Wildman–Crippen LogP) is 3.13. The van der Waals surface area contributed by atoms with E-state index in [9.17, 15) is 10.1 Å².